The minimum Gasteiger partial charge on any atom is -0.469 e. The standard InChI is InChI=1S/C11H12F3NO2/c1-5(15)10(11(16)17-2)6-3-8(13)9(14)4-7(6)12/h3-5,10H,15H2,1-2H3/t5?,10-/m0/s1. The number of methoxy groups -OCH3 is 1. The third-order valence-corrected chi connectivity index (χ3v) is 2.36. The predicted molar refractivity (Wildman–Crippen MR) is 54.7 cm³/mol. The second kappa shape index (κ2) is 5.18. The fraction of sp³-hybridized carbons (Fsp3) is 0.364. The van der Waals surface area contributed by atoms with Gasteiger partial charge in [-0.15, -0.1) is 0 Å². The van der Waals surface area contributed by atoms with Crippen molar-refractivity contribution in [2.75, 3.05) is 7.11 Å². The van der Waals surface area contributed by atoms with E-state index in [0.29, 0.717) is 12.1 Å². The SMILES string of the molecule is COC(=O)[C@H](c1cc(F)c(F)cc1F)C(C)N. The van der Waals surface area contributed by atoms with E-state index >= 15 is 0 Å². The first kappa shape index (κ1) is 13.5. The van der Waals surface area contributed by atoms with Gasteiger partial charge in [0.05, 0.1) is 13.0 Å². The van der Waals surface area contributed by atoms with Crippen LogP contribution in [0, 0.1) is 17.5 Å². The van der Waals surface area contributed by atoms with Crippen molar-refractivity contribution in [3.05, 3.63) is 35.1 Å². The summed E-state index contributed by atoms with van der Waals surface area (Å²) in [6, 6.07) is 0.209. The van der Waals surface area contributed by atoms with Crippen molar-refractivity contribution in [1.82, 2.24) is 0 Å². The Kier molecular flexibility index (Phi) is 4.11. The second-order valence-electron chi connectivity index (χ2n) is 3.65. The highest BCUT2D eigenvalue weighted by atomic mass is 19.2. The van der Waals surface area contributed by atoms with Gasteiger partial charge < -0.3 is 10.5 Å². The molecule has 2 N–H and O–H groups in total. The Morgan fingerprint density at radius 3 is 2.24 bits per heavy atom. The van der Waals surface area contributed by atoms with Gasteiger partial charge in [-0.1, -0.05) is 0 Å². The molecule has 0 aromatic heterocycles. The molecule has 2 atom stereocenters. The lowest BCUT2D eigenvalue weighted by Gasteiger charge is -2.19. The van der Waals surface area contributed by atoms with Gasteiger partial charge in [0.1, 0.15) is 5.82 Å². The maximum atomic E-state index is 13.5. The molecule has 0 amide bonds. The molecule has 1 unspecified atom stereocenters. The van der Waals surface area contributed by atoms with Crippen molar-refractivity contribution < 1.29 is 22.7 Å². The van der Waals surface area contributed by atoms with Gasteiger partial charge in [0.2, 0.25) is 0 Å². The van der Waals surface area contributed by atoms with E-state index in [0.717, 1.165) is 7.11 Å². The van der Waals surface area contributed by atoms with Gasteiger partial charge in [0.15, 0.2) is 11.6 Å². The molecule has 0 saturated heterocycles. The highest BCUT2D eigenvalue weighted by molar-refractivity contribution is 5.79. The topological polar surface area (TPSA) is 52.3 Å². The summed E-state index contributed by atoms with van der Waals surface area (Å²) >= 11 is 0. The molecule has 3 nitrogen and oxygen atoms in total. The van der Waals surface area contributed by atoms with Crippen molar-refractivity contribution in [2.45, 2.75) is 18.9 Å². The van der Waals surface area contributed by atoms with Gasteiger partial charge in [-0.3, -0.25) is 4.79 Å². The van der Waals surface area contributed by atoms with E-state index in [2.05, 4.69) is 4.74 Å². The zero-order chi connectivity index (χ0) is 13.2. The molecule has 0 bridgehead atoms. The number of benzene rings is 1. The normalized spacial score (nSPS) is 14.2. The monoisotopic (exact) mass is 247 g/mol. The molecule has 0 saturated carbocycles. The van der Waals surface area contributed by atoms with E-state index in [9.17, 15) is 18.0 Å². The lowest BCUT2D eigenvalue weighted by molar-refractivity contribution is -0.142. The highest BCUT2D eigenvalue weighted by Gasteiger charge is 2.29. The minimum atomic E-state index is -1.32. The van der Waals surface area contributed by atoms with E-state index < -0.39 is 35.4 Å². The number of nitrogens with two attached hydrogens (primary N) is 1. The Bertz CT molecular complexity index is 435. The average Bonchev–Trinajstić information content (AvgIpc) is 2.25. The van der Waals surface area contributed by atoms with Crippen LogP contribution in [0.1, 0.15) is 18.4 Å². The predicted octanol–water partition coefficient (Wildman–Crippen LogP) is 1.71. The van der Waals surface area contributed by atoms with E-state index in [1.54, 1.807) is 0 Å². The molecule has 0 heterocycles. The van der Waals surface area contributed by atoms with Crippen LogP contribution in [0.3, 0.4) is 0 Å². The summed E-state index contributed by atoms with van der Waals surface area (Å²) in [6.45, 7) is 1.45. The molecular formula is C11H12F3NO2. The van der Waals surface area contributed by atoms with Crippen LogP contribution in [0.2, 0.25) is 0 Å². The largest absolute Gasteiger partial charge is 0.469 e. The summed E-state index contributed by atoms with van der Waals surface area (Å²) in [5, 5.41) is 0. The molecule has 0 fully saturated rings. The number of esters is 1. The van der Waals surface area contributed by atoms with Crippen molar-refractivity contribution in [3.8, 4) is 0 Å². The van der Waals surface area contributed by atoms with Crippen molar-refractivity contribution in [3.63, 3.8) is 0 Å². The molecular weight excluding hydrogens is 235 g/mol. The number of halogens is 3. The molecule has 0 aliphatic heterocycles. The Morgan fingerprint density at radius 1 is 1.24 bits per heavy atom. The lowest BCUT2D eigenvalue weighted by Crippen LogP contribution is -2.32. The third-order valence-electron chi connectivity index (χ3n) is 2.36. The van der Waals surface area contributed by atoms with Crippen LogP contribution in [0.5, 0.6) is 0 Å². The lowest BCUT2D eigenvalue weighted by atomic mass is 9.92. The van der Waals surface area contributed by atoms with Crippen LogP contribution in [-0.4, -0.2) is 19.1 Å². The molecule has 6 heteroatoms. The Labute approximate surface area is 96.4 Å². The number of ether oxygens (including phenoxy) is 1. The maximum Gasteiger partial charge on any atom is 0.314 e. The number of carbonyl (C=O) groups is 1. The van der Waals surface area contributed by atoms with Gasteiger partial charge in [-0.25, -0.2) is 13.2 Å². The summed E-state index contributed by atoms with van der Waals surface area (Å²) in [5.74, 6) is -5.56. The van der Waals surface area contributed by atoms with Crippen LogP contribution < -0.4 is 5.73 Å². The summed E-state index contributed by atoms with van der Waals surface area (Å²) in [5.41, 5.74) is 5.20. The maximum absolute atomic E-state index is 13.5. The van der Waals surface area contributed by atoms with Crippen LogP contribution in [0.15, 0.2) is 12.1 Å². The van der Waals surface area contributed by atoms with E-state index in [1.807, 2.05) is 0 Å². The first-order chi connectivity index (χ1) is 7.88. The number of rotatable bonds is 3. The van der Waals surface area contributed by atoms with Crippen LogP contribution >= 0.6 is 0 Å². The summed E-state index contributed by atoms with van der Waals surface area (Å²) < 4.78 is 43.7. The third kappa shape index (κ3) is 2.76. The molecule has 1 rings (SSSR count). The molecule has 0 spiro atoms. The molecule has 1 aromatic rings. The quantitative estimate of drug-likeness (QED) is 0.653. The van der Waals surface area contributed by atoms with Crippen LogP contribution in [0.4, 0.5) is 13.2 Å². The molecule has 0 aliphatic carbocycles. The Hall–Kier alpha value is -1.56. The molecule has 1 aromatic carbocycles. The molecule has 17 heavy (non-hydrogen) atoms. The van der Waals surface area contributed by atoms with Crippen molar-refractivity contribution >= 4 is 5.97 Å². The number of hydrogen-bond donors (Lipinski definition) is 1. The Morgan fingerprint density at radius 2 is 1.76 bits per heavy atom. The first-order valence-electron chi connectivity index (χ1n) is 4.86. The zero-order valence-corrected chi connectivity index (χ0v) is 9.34. The van der Waals surface area contributed by atoms with Gasteiger partial charge >= 0.3 is 5.97 Å². The fourth-order valence-electron chi connectivity index (χ4n) is 1.53. The molecule has 0 radical (unpaired) electrons. The Balaban J connectivity index is 3.28. The van der Waals surface area contributed by atoms with E-state index in [4.69, 9.17) is 5.73 Å². The van der Waals surface area contributed by atoms with Crippen molar-refractivity contribution in [2.24, 2.45) is 5.73 Å². The summed E-state index contributed by atoms with van der Waals surface area (Å²) in [7, 11) is 1.11. The second-order valence-corrected chi connectivity index (χ2v) is 3.65. The number of carbonyl (C=O) groups excluding carboxylic acids is 1. The van der Waals surface area contributed by atoms with Gasteiger partial charge in [0, 0.05) is 17.7 Å². The average molecular weight is 247 g/mol. The highest BCUT2D eigenvalue weighted by Crippen LogP contribution is 2.25. The molecule has 0 aliphatic rings. The van der Waals surface area contributed by atoms with E-state index in [-0.39, 0.29) is 5.56 Å². The fourth-order valence-corrected chi connectivity index (χ4v) is 1.53. The smallest absolute Gasteiger partial charge is 0.314 e. The van der Waals surface area contributed by atoms with Gasteiger partial charge in [0.25, 0.3) is 0 Å². The minimum absolute atomic E-state index is 0.314. The summed E-state index contributed by atoms with van der Waals surface area (Å²) in [6.07, 6.45) is 0. The number of hydrogen-bond acceptors (Lipinski definition) is 3. The van der Waals surface area contributed by atoms with E-state index in [1.165, 1.54) is 6.92 Å². The van der Waals surface area contributed by atoms with Gasteiger partial charge in [-0.2, -0.15) is 0 Å². The first-order valence-corrected chi connectivity index (χ1v) is 4.86. The summed E-state index contributed by atoms with van der Waals surface area (Å²) in [4.78, 5) is 11.4. The van der Waals surface area contributed by atoms with Crippen LogP contribution in [0.25, 0.3) is 0 Å². The molecule has 94 valence electrons. The van der Waals surface area contributed by atoms with Crippen LogP contribution in [-0.2, 0) is 9.53 Å². The zero-order valence-electron chi connectivity index (χ0n) is 9.34. The van der Waals surface area contributed by atoms with Gasteiger partial charge in [-0.05, 0) is 13.0 Å². The van der Waals surface area contributed by atoms with Crippen molar-refractivity contribution in [1.29, 1.82) is 0 Å².